The molecule has 0 aliphatic heterocycles. The molecule has 0 saturated carbocycles. The number of carboxylic acids is 1. The summed E-state index contributed by atoms with van der Waals surface area (Å²) in [5.74, 6) is -1.57. The third-order valence-electron chi connectivity index (χ3n) is 2.77. The zero-order chi connectivity index (χ0) is 13.3. The number of halogens is 2. The highest BCUT2D eigenvalue weighted by atomic mass is 35.5. The predicted molar refractivity (Wildman–Crippen MR) is 68.5 cm³/mol. The Hall–Kier alpha value is -1.87. The van der Waals surface area contributed by atoms with E-state index in [1.165, 1.54) is 12.1 Å². The predicted octanol–water partition coefficient (Wildman–Crippen LogP) is 4.15. The fourth-order valence-electron chi connectivity index (χ4n) is 1.83. The molecule has 0 bridgehead atoms. The summed E-state index contributed by atoms with van der Waals surface area (Å²) < 4.78 is 13.3. The highest BCUT2D eigenvalue weighted by Gasteiger charge is 2.15. The molecule has 0 heterocycles. The van der Waals surface area contributed by atoms with Crippen molar-refractivity contribution in [1.82, 2.24) is 0 Å². The van der Waals surface area contributed by atoms with Crippen LogP contribution in [0.15, 0.2) is 36.4 Å². The maximum absolute atomic E-state index is 13.3. The van der Waals surface area contributed by atoms with E-state index in [0.29, 0.717) is 16.1 Å². The average Bonchev–Trinajstić information content (AvgIpc) is 2.32. The van der Waals surface area contributed by atoms with Crippen molar-refractivity contribution in [3.8, 4) is 11.1 Å². The minimum Gasteiger partial charge on any atom is -0.478 e. The van der Waals surface area contributed by atoms with Gasteiger partial charge in [0.15, 0.2) is 0 Å². The van der Waals surface area contributed by atoms with Crippen molar-refractivity contribution in [3.05, 3.63) is 58.4 Å². The number of hydrogen-bond donors (Lipinski definition) is 1. The van der Waals surface area contributed by atoms with Crippen LogP contribution in [0, 0.1) is 12.7 Å². The van der Waals surface area contributed by atoms with Gasteiger partial charge in [-0.15, -0.1) is 0 Å². The molecular weight excluding hydrogens is 255 g/mol. The van der Waals surface area contributed by atoms with Gasteiger partial charge in [0.25, 0.3) is 0 Å². The maximum Gasteiger partial charge on any atom is 0.336 e. The highest BCUT2D eigenvalue weighted by Crippen LogP contribution is 2.31. The molecule has 92 valence electrons. The Morgan fingerprint density at radius 3 is 2.61 bits per heavy atom. The molecule has 0 aliphatic rings. The van der Waals surface area contributed by atoms with Crippen LogP contribution in [0.4, 0.5) is 4.39 Å². The number of carbonyl (C=O) groups is 1. The molecular formula is C14H10ClFO2. The molecule has 0 fully saturated rings. The van der Waals surface area contributed by atoms with E-state index in [1.807, 2.05) is 0 Å². The van der Waals surface area contributed by atoms with Crippen molar-refractivity contribution in [2.24, 2.45) is 0 Å². The standard InChI is InChI=1S/C14H10ClFO2/c1-8-10(3-2-4-13(8)15)12-7-9(16)5-6-11(12)14(17)18/h2-7H,1H3,(H,17,18). The molecule has 1 N–H and O–H groups in total. The van der Waals surface area contributed by atoms with Crippen LogP contribution in [0.2, 0.25) is 5.02 Å². The summed E-state index contributed by atoms with van der Waals surface area (Å²) >= 11 is 5.99. The van der Waals surface area contributed by atoms with E-state index in [1.54, 1.807) is 25.1 Å². The van der Waals surface area contributed by atoms with Gasteiger partial charge in [-0.3, -0.25) is 0 Å². The Kier molecular flexibility index (Phi) is 3.34. The molecule has 4 heteroatoms. The van der Waals surface area contributed by atoms with Gasteiger partial charge in [-0.05, 0) is 47.9 Å². The fraction of sp³-hybridized carbons (Fsp3) is 0.0714. The van der Waals surface area contributed by atoms with Gasteiger partial charge in [0.2, 0.25) is 0 Å². The van der Waals surface area contributed by atoms with Crippen LogP contribution >= 0.6 is 11.6 Å². The first-order chi connectivity index (χ1) is 8.50. The van der Waals surface area contributed by atoms with Gasteiger partial charge in [0, 0.05) is 5.02 Å². The van der Waals surface area contributed by atoms with Crippen LogP contribution in [-0.2, 0) is 0 Å². The molecule has 0 aromatic heterocycles. The minimum atomic E-state index is -1.09. The second-order valence-corrected chi connectivity index (χ2v) is 4.31. The second kappa shape index (κ2) is 4.78. The molecule has 2 rings (SSSR count). The third-order valence-corrected chi connectivity index (χ3v) is 3.18. The van der Waals surface area contributed by atoms with E-state index in [0.717, 1.165) is 11.6 Å². The molecule has 2 aromatic carbocycles. The Bertz CT molecular complexity index is 623. The summed E-state index contributed by atoms with van der Waals surface area (Å²) in [6, 6.07) is 8.74. The summed E-state index contributed by atoms with van der Waals surface area (Å²) in [6.45, 7) is 1.77. The first kappa shape index (κ1) is 12.6. The summed E-state index contributed by atoms with van der Waals surface area (Å²) in [6.07, 6.45) is 0. The van der Waals surface area contributed by atoms with E-state index in [4.69, 9.17) is 16.7 Å². The molecule has 0 saturated heterocycles. The van der Waals surface area contributed by atoms with Crippen molar-refractivity contribution in [3.63, 3.8) is 0 Å². The topological polar surface area (TPSA) is 37.3 Å². The Morgan fingerprint density at radius 2 is 1.94 bits per heavy atom. The summed E-state index contributed by atoms with van der Waals surface area (Å²) in [4.78, 5) is 11.1. The van der Waals surface area contributed by atoms with Gasteiger partial charge in [0.1, 0.15) is 5.82 Å². The first-order valence-electron chi connectivity index (χ1n) is 5.29. The second-order valence-electron chi connectivity index (χ2n) is 3.91. The van der Waals surface area contributed by atoms with E-state index in [9.17, 15) is 9.18 Å². The van der Waals surface area contributed by atoms with E-state index >= 15 is 0 Å². The van der Waals surface area contributed by atoms with Gasteiger partial charge in [-0.25, -0.2) is 9.18 Å². The fourth-order valence-corrected chi connectivity index (χ4v) is 2.00. The normalized spacial score (nSPS) is 10.4. The molecule has 0 amide bonds. The van der Waals surface area contributed by atoms with Gasteiger partial charge >= 0.3 is 5.97 Å². The van der Waals surface area contributed by atoms with Crippen LogP contribution in [0.1, 0.15) is 15.9 Å². The van der Waals surface area contributed by atoms with Crippen LogP contribution in [0.5, 0.6) is 0 Å². The zero-order valence-corrected chi connectivity index (χ0v) is 10.3. The van der Waals surface area contributed by atoms with Crippen LogP contribution < -0.4 is 0 Å². The molecule has 0 spiro atoms. The number of rotatable bonds is 2. The van der Waals surface area contributed by atoms with E-state index < -0.39 is 11.8 Å². The van der Waals surface area contributed by atoms with Crippen LogP contribution in [-0.4, -0.2) is 11.1 Å². The number of aromatic carboxylic acids is 1. The molecule has 18 heavy (non-hydrogen) atoms. The summed E-state index contributed by atoms with van der Waals surface area (Å²) in [5.41, 5.74) is 1.75. The average molecular weight is 265 g/mol. The molecule has 2 nitrogen and oxygen atoms in total. The molecule has 0 aliphatic carbocycles. The SMILES string of the molecule is Cc1c(Cl)cccc1-c1cc(F)ccc1C(=O)O. The molecule has 2 aromatic rings. The van der Waals surface area contributed by atoms with Gasteiger partial charge in [-0.2, -0.15) is 0 Å². The van der Waals surface area contributed by atoms with Gasteiger partial charge < -0.3 is 5.11 Å². The Balaban J connectivity index is 2.73. The summed E-state index contributed by atoms with van der Waals surface area (Å²) in [7, 11) is 0. The number of carboxylic acid groups (broad SMARTS) is 1. The van der Waals surface area contributed by atoms with Crippen LogP contribution in [0.25, 0.3) is 11.1 Å². The Labute approximate surface area is 109 Å². The monoisotopic (exact) mass is 264 g/mol. The van der Waals surface area contributed by atoms with Crippen LogP contribution in [0.3, 0.4) is 0 Å². The molecule has 0 unspecified atom stereocenters. The lowest BCUT2D eigenvalue weighted by molar-refractivity contribution is 0.0697. The molecule has 0 atom stereocenters. The molecule has 0 radical (unpaired) electrons. The van der Waals surface area contributed by atoms with Gasteiger partial charge in [0.05, 0.1) is 5.56 Å². The lowest BCUT2D eigenvalue weighted by Gasteiger charge is -2.10. The van der Waals surface area contributed by atoms with E-state index in [-0.39, 0.29) is 5.56 Å². The van der Waals surface area contributed by atoms with Crippen molar-refractivity contribution in [1.29, 1.82) is 0 Å². The number of benzene rings is 2. The quantitative estimate of drug-likeness (QED) is 0.885. The van der Waals surface area contributed by atoms with Gasteiger partial charge in [-0.1, -0.05) is 23.7 Å². The van der Waals surface area contributed by atoms with Crippen molar-refractivity contribution < 1.29 is 14.3 Å². The van der Waals surface area contributed by atoms with Crippen molar-refractivity contribution in [2.45, 2.75) is 6.92 Å². The highest BCUT2D eigenvalue weighted by molar-refractivity contribution is 6.31. The zero-order valence-electron chi connectivity index (χ0n) is 9.58. The van der Waals surface area contributed by atoms with Crippen molar-refractivity contribution >= 4 is 17.6 Å². The smallest absolute Gasteiger partial charge is 0.336 e. The minimum absolute atomic E-state index is 0.0572. The first-order valence-corrected chi connectivity index (χ1v) is 5.67. The maximum atomic E-state index is 13.3. The summed E-state index contributed by atoms with van der Waals surface area (Å²) in [5, 5.41) is 9.64. The number of hydrogen-bond acceptors (Lipinski definition) is 1. The third kappa shape index (κ3) is 2.22. The van der Waals surface area contributed by atoms with E-state index in [2.05, 4.69) is 0 Å². The Morgan fingerprint density at radius 1 is 1.22 bits per heavy atom. The largest absolute Gasteiger partial charge is 0.478 e. The lowest BCUT2D eigenvalue weighted by Crippen LogP contribution is -2.01. The lowest BCUT2D eigenvalue weighted by atomic mass is 9.96. The van der Waals surface area contributed by atoms with Crippen molar-refractivity contribution in [2.75, 3.05) is 0 Å².